The summed E-state index contributed by atoms with van der Waals surface area (Å²) >= 11 is 0. The zero-order chi connectivity index (χ0) is 15.6. The van der Waals surface area contributed by atoms with E-state index in [1.165, 1.54) is 19.1 Å². The summed E-state index contributed by atoms with van der Waals surface area (Å²) in [4.78, 5) is 22.5. The molecule has 1 aromatic carbocycles. The second-order valence-electron chi connectivity index (χ2n) is 4.84. The first-order valence-corrected chi connectivity index (χ1v) is 6.49. The Kier molecular flexibility index (Phi) is 4.16. The summed E-state index contributed by atoms with van der Waals surface area (Å²) in [5, 5.41) is 6.87. The van der Waals surface area contributed by atoms with Gasteiger partial charge in [-0.05, 0) is 31.5 Å². The zero-order valence-electron chi connectivity index (χ0n) is 12.1. The van der Waals surface area contributed by atoms with E-state index >= 15 is 0 Å². The van der Waals surface area contributed by atoms with Gasteiger partial charge < -0.3 is 5.32 Å². The maximum absolute atomic E-state index is 13.2. The summed E-state index contributed by atoms with van der Waals surface area (Å²) < 4.78 is 14.9. The lowest BCUT2D eigenvalue weighted by Gasteiger charge is -2.06. The quantitative estimate of drug-likeness (QED) is 0.878. The molecule has 110 valence electrons. The summed E-state index contributed by atoms with van der Waals surface area (Å²) in [7, 11) is 0. The topological polar surface area (TPSA) is 64.0 Å². The van der Waals surface area contributed by atoms with Crippen molar-refractivity contribution in [3.8, 4) is 0 Å². The molecule has 2 aromatic rings. The fourth-order valence-corrected chi connectivity index (χ4v) is 2.04. The van der Waals surface area contributed by atoms with Gasteiger partial charge in [0.25, 0.3) is 5.91 Å². The lowest BCUT2D eigenvalue weighted by atomic mass is 10.2. The molecule has 0 atom stereocenters. The SMILES string of the molecule is CC(=O)C(=O)Nc1c(C)nn(Cc2cccc(F)c2)c1C. The number of ketones is 1. The highest BCUT2D eigenvalue weighted by Gasteiger charge is 2.16. The average Bonchev–Trinajstić information content (AvgIpc) is 2.66. The van der Waals surface area contributed by atoms with Crippen LogP contribution in [-0.2, 0) is 16.1 Å². The highest BCUT2D eigenvalue weighted by atomic mass is 19.1. The largest absolute Gasteiger partial charge is 0.316 e. The van der Waals surface area contributed by atoms with E-state index in [9.17, 15) is 14.0 Å². The Morgan fingerprint density at radius 3 is 2.67 bits per heavy atom. The van der Waals surface area contributed by atoms with E-state index in [0.29, 0.717) is 23.6 Å². The molecule has 1 N–H and O–H groups in total. The highest BCUT2D eigenvalue weighted by molar-refractivity contribution is 6.39. The van der Waals surface area contributed by atoms with Gasteiger partial charge in [-0.25, -0.2) is 4.39 Å². The molecule has 0 radical (unpaired) electrons. The van der Waals surface area contributed by atoms with Crippen molar-refractivity contribution in [2.45, 2.75) is 27.3 Å². The third-order valence-electron chi connectivity index (χ3n) is 3.16. The van der Waals surface area contributed by atoms with Crippen molar-refractivity contribution in [2.24, 2.45) is 0 Å². The summed E-state index contributed by atoms with van der Waals surface area (Å²) in [5.74, 6) is -1.54. The average molecular weight is 289 g/mol. The molecule has 0 saturated heterocycles. The summed E-state index contributed by atoms with van der Waals surface area (Å²) in [6.07, 6.45) is 0. The van der Waals surface area contributed by atoms with Crippen molar-refractivity contribution in [2.75, 3.05) is 5.32 Å². The Morgan fingerprint density at radius 1 is 1.33 bits per heavy atom. The van der Waals surface area contributed by atoms with Crippen LogP contribution in [0.25, 0.3) is 0 Å². The first kappa shape index (κ1) is 14.9. The maximum atomic E-state index is 13.2. The lowest BCUT2D eigenvalue weighted by Crippen LogP contribution is -2.20. The third kappa shape index (κ3) is 3.34. The third-order valence-corrected chi connectivity index (χ3v) is 3.16. The standard InChI is InChI=1S/C15H16FN3O2/c1-9-14(17-15(21)11(3)20)10(2)19(18-9)8-12-5-4-6-13(16)7-12/h4-7H,8H2,1-3H3,(H,17,21). The van der Waals surface area contributed by atoms with Gasteiger partial charge >= 0.3 is 0 Å². The Morgan fingerprint density at radius 2 is 2.05 bits per heavy atom. The van der Waals surface area contributed by atoms with Crippen LogP contribution >= 0.6 is 0 Å². The number of hydrogen-bond donors (Lipinski definition) is 1. The molecule has 2 rings (SSSR count). The second-order valence-corrected chi connectivity index (χ2v) is 4.84. The molecule has 0 aliphatic carbocycles. The number of nitrogens with zero attached hydrogens (tertiary/aromatic N) is 2. The van der Waals surface area contributed by atoms with Gasteiger partial charge in [0, 0.05) is 6.92 Å². The van der Waals surface area contributed by atoms with Gasteiger partial charge in [-0.15, -0.1) is 0 Å². The molecule has 0 bridgehead atoms. The molecule has 0 saturated carbocycles. The van der Waals surface area contributed by atoms with Crippen molar-refractivity contribution >= 4 is 17.4 Å². The fraction of sp³-hybridized carbons (Fsp3) is 0.267. The van der Waals surface area contributed by atoms with Gasteiger partial charge in [0.05, 0.1) is 23.6 Å². The van der Waals surface area contributed by atoms with Gasteiger partial charge in [0.15, 0.2) is 0 Å². The summed E-state index contributed by atoms with van der Waals surface area (Å²) in [6, 6.07) is 6.25. The van der Waals surface area contributed by atoms with Crippen molar-refractivity contribution in [3.63, 3.8) is 0 Å². The number of rotatable bonds is 4. The molecular weight excluding hydrogens is 273 g/mol. The van der Waals surface area contributed by atoms with Gasteiger partial charge in [-0.1, -0.05) is 12.1 Å². The number of amides is 1. The Bertz CT molecular complexity index is 707. The fourth-order valence-electron chi connectivity index (χ4n) is 2.04. The van der Waals surface area contributed by atoms with Gasteiger partial charge in [0.1, 0.15) is 5.82 Å². The van der Waals surface area contributed by atoms with E-state index in [0.717, 1.165) is 5.56 Å². The van der Waals surface area contributed by atoms with Crippen LogP contribution in [0.3, 0.4) is 0 Å². The Hall–Kier alpha value is -2.50. The summed E-state index contributed by atoms with van der Waals surface area (Å²) in [5.41, 5.74) is 2.61. The number of hydrogen-bond acceptors (Lipinski definition) is 3. The number of aromatic nitrogens is 2. The van der Waals surface area contributed by atoms with E-state index < -0.39 is 11.7 Å². The highest BCUT2D eigenvalue weighted by Crippen LogP contribution is 2.20. The number of benzene rings is 1. The predicted molar refractivity (Wildman–Crippen MR) is 76.5 cm³/mol. The van der Waals surface area contributed by atoms with E-state index in [2.05, 4.69) is 10.4 Å². The van der Waals surface area contributed by atoms with E-state index in [4.69, 9.17) is 0 Å². The van der Waals surface area contributed by atoms with Crippen LogP contribution in [0, 0.1) is 19.7 Å². The van der Waals surface area contributed by atoms with E-state index in [1.54, 1.807) is 30.7 Å². The Balaban J connectivity index is 2.26. The molecule has 0 aliphatic rings. The first-order valence-electron chi connectivity index (χ1n) is 6.49. The monoisotopic (exact) mass is 289 g/mol. The molecular formula is C15H16FN3O2. The van der Waals surface area contributed by atoms with Crippen LogP contribution < -0.4 is 5.32 Å². The van der Waals surface area contributed by atoms with Gasteiger partial charge in [-0.3, -0.25) is 14.3 Å². The van der Waals surface area contributed by atoms with E-state index in [1.807, 2.05) is 0 Å². The van der Waals surface area contributed by atoms with Gasteiger partial charge in [0.2, 0.25) is 5.78 Å². The van der Waals surface area contributed by atoms with E-state index in [-0.39, 0.29) is 5.82 Å². The van der Waals surface area contributed by atoms with Crippen LogP contribution in [0.5, 0.6) is 0 Å². The molecule has 5 nitrogen and oxygen atoms in total. The van der Waals surface area contributed by atoms with Crippen LogP contribution in [-0.4, -0.2) is 21.5 Å². The molecule has 0 unspecified atom stereocenters. The number of carbonyl (C=O) groups excluding carboxylic acids is 2. The van der Waals surface area contributed by atoms with Crippen molar-refractivity contribution < 1.29 is 14.0 Å². The normalized spacial score (nSPS) is 10.5. The first-order chi connectivity index (χ1) is 9.88. The van der Waals surface area contributed by atoms with Crippen LogP contribution in [0.15, 0.2) is 24.3 Å². The second kappa shape index (κ2) is 5.87. The van der Waals surface area contributed by atoms with Crippen molar-refractivity contribution in [1.29, 1.82) is 0 Å². The zero-order valence-corrected chi connectivity index (χ0v) is 12.1. The number of aryl methyl sites for hydroxylation is 1. The lowest BCUT2D eigenvalue weighted by molar-refractivity contribution is -0.133. The molecule has 1 heterocycles. The minimum atomic E-state index is -0.675. The molecule has 1 amide bonds. The summed E-state index contributed by atoms with van der Waals surface area (Å²) in [6.45, 7) is 5.12. The smallest absolute Gasteiger partial charge is 0.291 e. The number of carbonyl (C=O) groups is 2. The van der Waals surface area contributed by atoms with Crippen molar-refractivity contribution in [3.05, 3.63) is 47.0 Å². The van der Waals surface area contributed by atoms with Crippen LogP contribution in [0.4, 0.5) is 10.1 Å². The van der Waals surface area contributed by atoms with Crippen LogP contribution in [0.1, 0.15) is 23.9 Å². The van der Waals surface area contributed by atoms with Crippen LogP contribution in [0.2, 0.25) is 0 Å². The molecule has 21 heavy (non-hydrogen) atoms. The molecule has 0 aliphatic heterocycles. The van der Waals surface area contributed by atoms with Crippen molar-refractivity contribution in [1.82, 2.24) is 9.78 Å². The molecule has 0 spiro atoms. The maximum Gasteiger partial charge on any atom is 0.291 e. The Labute approximate surface area is 121 Å². The molecule has 1 aromatic heterocycles. The van der Waals surface area contributed by atoms with Gasteiger partial charge in [-0.2, -0.15) is 5.10 Å². The minimum Gasteiger partial charge on any atom is -0.316 e. The molecule has 0 fully saturated rings. The number of Topliss-reactive ketones (excluding diaryl/α,β-unsaturated/α-hetero) is 1. The number of nitrogens with one attached hydrogen (secondary N) is 1. The number of anilines is 1. The predicted octanol–water partition coefficient (Wildman–Crippen LogP) is 2.21. The minimum absolute atomic E-state index is 0.306. The number of halogens is 1. The molecule has 6 heteroatoms.